The van der Waals surface area contributed by atoms with Gasteiger partial charge in [0, 0.05) is 6.04 Å². The second-order valence-electron chi connectivity index (χ2n) is 5.29. The highest BCUT2D eigenvalue weighted by molar-refractivity contribution is 5.48. The van der Waals surface area contributed by atoms with Crippen molar-refractivity contribution in [2.45, 2.75) is 47.2 Å². The Hall–Kier alpha value is -1.75. The van der Waals surface area contributed by atoms with Crippen molar-refractivity contribution in [3.63, 3.8) is 0 Å². The molecule has 0 radical (unpaired) electrons. The van der Waals surface area contributed by atoms with Gasteiger partial charge in [-0.05, 0) is 42.3 Å². The van der Waals surface area contributed by atoms with E-state index >= 15 is 0 Å². The third kappa shape index (κ3) is 2.98. The van der Waals surface area contributed by atoms with E-state index in [0.717, 1.165) is 11.5 Å². The van der Waals surface area contributed by atoms with Gasteiger partial charge in [-0.15, -0.1) is 5.10 Å². The summed E-state index contributed by atoms with van der Waals surface area (Å²) < 4.78 is 1.83. The summed E-state index contributed by atoms with van der Waals surface area (Å²) in [5.41, 5.74) is 4.72. The SMILES string of the molecule is Cc1cc(C)c(-n2nnnc2CNC(C)C)c(C)c1. The van der Waals surface area contributed by atoms with Crippen molar-refractivity contribution >= 4 is 0 Å². The largest absolute Gasteiger partial charge is 0.308 e. The van der Waals surface area contributed by atoms with Crippen molar-refractivity contribution in [2.75, 3.05) is 0 Å². The van der Waals surface area contributed by atoms with E-state index in [4.69, 9.17) is 0 Å². The fourth-order valence-electron chi connectivity index (χ4n) is 2.29. The quantitative estimate of drug-likeness (QED) is 0.913. The lowest BCUT2D eigenvalue weighted by molar-refractivity contribution is 0.562. The van der Waals surface area contributed by atoms with Crippen LogP contribution in [-0.2, 0) is 6.54 Å². The molecule has 5 heteroatoms. The number of hydrogen-bond donors (Lipinski definition) is 1. The van der Waals surface area contributed by atoms with E-state index in [1.54, 1.807) is 0 Å². The molecule has 1 heterocycles. The number of aryl methyl sites for hydroxylation is 3. The predicted molar refractivity (Wildman–Crippen MR) is 75.3 cm³/mol. The molecule has 0 saturated carbocycles. The number of aromatic nitrogens is 4. The lowest BCUT2D eigenvalue weighted by atomic mass is 10.1. The third-order valence-corrected chi connectivity index (χ3v) is 3.05. The zero-order valence-corrected chi connectivity index (χ0v) is 12.2. The summed E-state index contributed by atoms with van der Waals surface area (Å²) in [7, 11) is 0. The smallest absolute Gasteiger partial charge is 0.170 e. The van der Waals surface area contributed by atoms with Gasteiger partial charge in [0.25, 0.3) is 0 Å². The third-order valence-electron chi connectivity index (χ3n) is 3.05. The molecule has 0 fully saturated rings. The Balaban J connectivity index is 2.40. The van der Waals surface area contributed by atoms with Gasteiger partial charge in [-0.3, -0.25) is 0 Å². The summed E-state index contributed by atoms with van der Waals surface area (Å²) in [5.74, 6) is 0.837. The second-order valence-corrected chi connectivity index (χ2v) is 5.29. The van der Waals surface area contributed by atoms with Gasteiger partial charge in [0.1, 0.15) is 0 Å². The minimum absolute atomic E-state index is 0.408. The molecular weight excluding hydrogens is 238 g/mol. The normalized spacial score (nSPS) is 11.3. The van der Waals surface area contributed by atoms with Gasteiger partial charge >= 0.3 is 0 Å². The van der Waals surface area contributed by atoms with E-state index in [1.807, 2.05) is 4.68 Å². The molecule has 0 aliphatic heterocycles. The van der Waals surface area contributed by atoms with Crippen molar-refractivity contribution in [3.8, 4) is 5.69 Å². The highest BCUT2D eigenvalue weighted by Crippen LogP contribution is 2.20. The van der Waals surface area contributed by atoms with Gasteiger partial charge in [-0.1, -0.05) is 31.5 Å². The summed E-state index contributed by atoms with van der Waals surface area (Å²) in [4.78, 5) is 0. The fraction of sp³-hybridized carbons (Fsp3) is 0.500. The van der Waals surface area contributed by atoms with Gasteiger partial charge in [0.15, 0.2) is 5.82 Å². The molecule has 0 amide bonds. The van der Waals surface area contributed by atoms with Crippen LogP contribution in [0.4, 0.5) is 0 Å². The highest BCUT2D eigenvalue weighted by atomic mass is 15.5. The number of rotatable bonds is 4. The Kier molecular flexibility index (Phi) is 3.95. The van der Waals surface area contributed by atoms with Crippen LogP contribution >= 0.6 is 0 Å². The van der Waals surface area contributed by atoms with E-state index in [1.165, 1.54) is 16.7 Å². The Morgan fingerprint density at radius 2 is 1.79 bits per heavy atom. The molecule has 0 aliphatic rings. The molecule has 0 saturated heterocycles. The first-order valence-corrected chi connectivity index (χ1v) is 6.58. The summed E-state index contributed by atoms with van der Waals surface area (Å²) in [5, 5.41) is 15.4. The molecule has 19 heavy (non-hydrogen) atoms. The van der Waals surface area contributed by atoms with Crippen molar-refractivity contribution in [3.05, 3.63) is 34.6 Å². The van der Waals surface area contributed by atoms with Crippen LogP contribution in [0.2, 0.25) is 0 Å². The minimum Gasteiger partial charge on any atom is -0.308 e. The van der Waals surface area contributed by atoms with E-state index in [2.05, 4.69) is 67.6 Å². The molecule has 2 rings (SSSR count). The van der Waals surface area contributed by atoms with E-state index in [-0.39, 0.29) is 0 Å². The van der Waals surface area contributed by atoms with Crippen LogP contribution in [0.5, 0.6) is 0 Å². The molecule has 1 aromatic heterocycles. The topological polar surface area (TPSA) is 55.6 Å². The fourth-order valence-corrected chi connectivity index (χ4v) is 2.29. The molecular formula is C14H21N5. The number of nitrogens with zero attached hydrogens (tertiary/aromatic N) is 4. The van der Waals surface area contributed by atoms with Crippen LogP contribution in [0, 0.1) is 20.8 Å². The van der Waals surface area contributed by atoms with Crippen LogP contribution in [0.25, 0.3) is 5.69 Å². The van der Waals surface area contributed by atoms with Gasteiger partial charge in [0.2, 0.25) is 0 Å². The summed E-state index contributed by atoms with van der Waals surface area (Å²) in [6, 6.07) is 4.72. The average molecular weight is 259 g/mol. The molecule has 5 nitrogen and oxygen atoms in total. The lowest BCUT2D eigenvalue weighted by Gasteiger charge is -2.13. The van der Waals surface area contributed by atoms with Crippen molar-refractivity contribution in [1.82, 2.24) is 25.5 Å². The van der Waals surface area contributed by atoms with Crippen LogP contribution in [0.15, 0.2) is 12.1 Å². The van der Waals surface area contributed by atoms with E-state index < -0.39 is 0 Å². The average Bonchev–Trinajstić information content (AvgIpc) is 2.73. The Morgan fingerprint density at radius 3 is 2.37 bits per heavy atom. The zero-order valence-electron chi connectivity index (χ0n) is 12.2. The first kappa shape index (κ1) is 13.7. The Morgan fingerprint density at radius 1 is 1.16 bits per heavy atom. The first-order valence-electron chi connectivity index (χ1n) is 6.58. The molecule has 1 N–H and O–H groups in total. The molecule has 0 spiro atoms. The van der Waals surface area contributed by atoms with E-state index in [9.17, 15) is 0 Å². The Labute approximate surface area is 114 Å². The maximum absolute atomic E-state index is 4.13. The molecule has 2 aromatic rings. The predicted octanol–water partition coefficient (Wildman–Crippen LogP) is 2.09. The van der Waals surface area contributed by atoms with Crippen LogP contribution in [0.1, 0.15) is 36.4 Å². The van der Waals surface area contributed by atoms with Gasteiger partial charge in [-0.25, -0.2) is 0 Å². The number of benzene rings is 1. The number of tetrazole rings is 1. The maximum atomic E-state index is 4.13. The minimum atomic E-state index is 0.408. The van der Waals surface area contributed by atoms with Gasteiger partial charge in [0.05, 0.1) is 12.2 Å². The van der Waals surface area contributed by atoms with Crippen LogP contribution < -0.4 is 5.32 Å². The van der Waals surface area contributed by atoms with Crippen molar-refractivity contribution in [2.24, 2.45) is 0 Å². The molecule has 0 atom stereocenters. The lowest BCUT2D eigenvalue weighted by Crippen LogP contribution is -2.24. The van der Waals surface area contributed by atoms with Gasteiger partial charge in [-0.2, -0.15) is 4.68 Å². The Bertz CT molecular complexity index is 548. The number of hydrogen-bond acceptors (Lipinski definition) is 4. The molecule has 0 bridgehead atoms. The maximum Gasteiger partial charge on any atom is 0.170 e. The zero-order chi connectivity index (χ0) is 14.0. The van der Waals surface area contributed by atoms with Gasteiger partial charge < -0.3 is 5.32 Å². The van der Waals surface area contributed by atoms with E-state index in [0.29, 0.717) is 12.6 Å². The molecule has 0 aliphatic carbocycles. The first-order chi connectivity index (χ1) is 8.99. The second kappa shape index (κ2) is 5.48. The molecule has 1 aromatic carbocycles. The van der Waals surface area contributed by atoms with Crippen LogP contribution in [0.3, 0.4) is 0 Å². The monoisotopic (exact) mass is 259 g/mol. The van der Waals surface area contributed by atoms with Crippen molar-refractivity contribution < 1.29 is 0 Å². The highest BCUT2D eigenvalue weighted by Gasteiger charge is 2.13. The number of nitrogens with one attached hydrogen (secondary N) is 1. The standard InChI is InChI=1S/C14H21N5/c1-9(2)15-8-13-16-17-18-19(13)14-11(4)6-10(3)7-12(14)5/h6-7,9,15H,8H2,1-5H3. The summed E-state index contributed by atoms with van der Waals surface area (Å²) in [6.07, 6.45) is 0. The molecule has 0 unspecified atom stereocenters. The van der Waals surface area contributed by atoms with Crippen LogP contribution in [-0.4, -0.2) is 26.2 Å². The summed E-state index contributed by atoms with van der Waals surface area (Å²) in [6.45, 7) is 11.2. The summed E-state index contributed by atoms with van der Waals surface area (Å²) >= 11 is 0. The van der Waals surface area contributed by atoms with Crippen molar-refractivity contribution in [1.29, 1.82) is 0 Å². The molecule has 102 valence electrons.